The summed E-state index contributed by atoms with van der Waals surface area (Å²) in [5, 5.41) is 15.2. The van der Waals surface area contributed by atoms with Crippen molar-refractivity contribution in [2.45, 2.75) is 19.6 Å². The highest BCUT2D eigenvalue weighted by Gasteiger charge is 2.55. The van der Waals surface area contributed by atoms with Crippen LogP contribution in [0.15, 0.2) is 219 Å². The molecule has 4 nitrogen and oxygen atoms in total. The van der Waals surface area contributed by atoms with Crippen LogP contribution < -0.4 is 0 Å². The van der Waals surface area contributed by atoms with Gasteiger partial charge in [-0.2, -0.15) is 20.1 Å². The van der Waals surface area contributed by atoms with Crippen molar-refractivity contribution in [2.75, 3.05) is 17.6 Å². The van der Waals surface area contributed by atoms with Crippen LogP contribution in [-0.2, 0) is 0 Å². The molecule has 7 heterocycles. The minimum Gasteiger partial charge on any atom is -0.456 e. The van der Waals surface area contributed by atoms with Gasteiger partial charge in [0, 0.05) is 90.0 Å². The fourth-order valence-corrected chi connectivity index (χ4v) is 25.3. The molecule has 0 saturated heterocycles. The summed E-state index contributed by atoms with van der Waals surface area (Å²) in [6.45, 7) is 0. The molecule has 2 atom stereocenters. The molecular formula is C65H38O4S2. The highest BCUT2D eigenvalue weighted by Crippen LogP contribution is 2.90. The quantitative estimate of drug-likeness (QED) is 0.173. The van der Waals surface area contributed by atoms with E-state index < -0.39 is 20.1 Å². The number of furan rings is 4. The van der Waals surface area contributed by atoms with Gasteiger partial charge in [-0.3, -0.25) is 0 Å². The Morgan fingerprint density at radius 2 is 0.803 bits per heavy atom. The Morgan fingerprint density at radius 3 is 1.42 bits per heavy atom. The summed E-state index contributed by atoms with van der Waals surface area (Å²) in [6, 6.07) is 66.5. The van der Waals surface area contributed by atoms with E-state index in [1.165, 1.54) is 75.3 Å². The summed E-state index contributed by atoms with van der Waals surface area (Å²) in [7, 11) is -3.08. The van der Waals surface area contributed by atoms with Crippen molar-refractivity contribution < 1.29 is 17.7 Å². The first kappa shape index (κ1) is 37.7. The summed E-state index contributed by atoms with van der Waals surface area (Å²) < 4.78 is 27.5. The molecule has 6 heteroatoms. The van der Waals surface area contributed by atoms with Gasteiger partial charge in [0.2, 0.25) is 0 Å². The molecule has 3 aliphatic rings. The maximum atomic E-state index is 7.12. The average Bonchev–Trinajstić information content (AvgIpc) is 4.29. The molecule has 0 spiro atoms. The third-order valence-corrected chi connectivity index (χ3v) is 25.7. The van der Waals surface area contributed by atoms with Crippen LogP contribution in [0.1, 0.15) is 0 Å². The van der Waals surface area contributed by atoms with E-state index in [0.29, 0.717) is 0 Å². The fraction of sp³-hybridized carbons (Fsp3) is 0.0462. The van der Waals surface area contributed by atoms with Gasteiger partial charge in [-0.15, -0.1) is 0 Å². The van der Waals surface area contributed by atoms with Crippen LogP contribution in [-0.4, -0.2) is 17.6 Å². The van der Waals surface area contributed by atoms with Gasteiger partial charge in [0.05, 0.1) is 0 Å². The van der Waals surface area contributed by atoms with Crippen LogP contribution in [0.4, 0.5) is 0 Å². The van der Waals surface area contributed by atoms with Gasteiger partial charge in [-0.05, 0) is 117 Å². The van der Waals surface area contributed by atoms with Crippen molar-refractivity contribution in [1.29, 1.82) is 0 Å². The van der Waals surface area contributed by atoms with Crippen LogP contribution >= 0.6 is 20.1 Å². The van der Waals surface area contributed by atoms with Gasteiger partial charge in [0.25, 0.3) is 0 Å². The number of para-hydroxylation sites is 2. The number of benzene rings is 11. The van der Waals surface area contributed by atoms with Crippen molar-refractivity contribution in [3.05, 3.63) is 182 Å². The predicted molar refractivity (Wildman–Crippen MR) is 297 cm³/mol. The van der Waals surface area contributed by atoms with E-state index in [0.717, 1.165) is 93.4 Å². The molecule has 0 saturated carbocycles. The van der Waals surface area contributed by atoms with Gasteiger partial charge >= 0.3 is 0 Å². The molecule has 3 aliphatic heterocycles. The van der Waals surface area contributed by atoms with Gasteiger partial charge in [0.1, 0.15) is 44.7 Å². The smallest absolute Gasteiger partial charge is 0.144 e. The Hall–Kier alpha value is -8.16. The van der Waals surface area contributed by atoms with Gasteiger partial charge in [-0.25, -0.2) is 0 Å². The molecule has 4 aromatic heterocycles. The Bertz CT molecular complexity index is 5020. The second kappa shape index (κ2) is 12.6. The molecule has 0 amide bonds. The fourth-order valence-electron chi connectivity index (χ4n) is 13.6. The van der Waals surface area contributed by atoms with Crippen LogP contribution in [0.3, 0.4) is 0 Å². The Morgan fingerprint density at radius 1 is 0.324 bits per heavy atom. The normalized spacial score (nSPS) is 19.6. The summed E-state index contributed by atoms with van der Waals surface area (Å²) in [5.74, 6) is 0. The lowest BCUT2D eigenvalue weighted by molar-refractivity contribution is 0.668. The molecule has 18 rings (SSSR count). The monoisotopic (exact) mass is 946 g/mol. The second-order valence-corrected chi connectivity index (χ2v) is 27.2. The number of rotatable bonds is 2. The van der Waals surface area contributed by atoms with Crippen LogP contribution in [0.25, 0.3) is 154 Å². The third kappa shape index (κ3) is 4.46. The molecule has 0 aliphatic carbocycles. The number of hydrogen-bond acceptors (Lipinski definition) is 4. The Kier molecular flexibility index (Phi) is 6.68. The molecule has 0 N–H and O–H groups in total. The maximum Gasteiger partial charge on any atom is 0.144 e. The van der Waals surface area contributed by atoms with Crippen molar-refractivity contribution in [2.24, 2.45) is 0 Å². The highest BCUT2D eigenvalue weighted by atomic mass is 32.3. The van der Waals surface area contributed by atoms with Crippen LogP contribution in [0, 0.1) is 0 Å². The summed E-state index contributed by atoms with van der Waals surface area (Å²) in [6.07, 6.45) is 5.21. The van der Waals surface area contributed by atoms with E-state index in [1.807, 2.05) is 0 Å². The van der Waals surface area contributed by atoms with Crippen molar-refractivity contribution in [3.63, 3.8) is 0 Å². The lowest BCUT2D eigenvalue weighted by atomic mass is 9.92. The molecule has 0 radical (unpaired) electrons. The maximum absolute atomic E-state index is 7.12. The zero-order chi connectivity index (χ0) is 46.2. The molecule has 2 unspecified atom stereocenters. The van der Waals surface area contributed by atoms with E-state index >= 15 is 0 Å². The van der Waals surface area contributed by atoms with Gasteiger partial charge in [-0.1, -0.05) is 121 Å². The second-order valence-electron chi connectivity index (χ2n) is 20.3. The predicted octanol–water partition coefficient (Wildman–Crippen LogP) is 19.6. The highest BCUT2D eigenvalue weighted by molar-refractivity contribution is 8.51. The van der Waals surface area contributed by atoms with E-state index in [1.54, 1.807) is 9.79 Å². The van der Waals surface area contributed by atoms with Crippen LogP contribution in [0.5, 0.6) is 0 Å². The average molecular weight is 947 g/mol. The lowest BCUT2D eigenvalue weighted by Gasteiger charge is -2.36. The zero-order valence-electron chi connectivity index (χ0n) is 38.5. The van der Waals surface area contributed by atoms with Crippen molar-refractivity contribution in [3.8, 4) is 44.5 Å². The van der Waals surface area contributed by atoms with Crippen molar-refractivity contribution in [1.82, 2.24) is 0 Å². The van der Waals surface area contributed by atoms with Crippen molar-refractivity contribution >= 4 is 129 Å². The van der Waals surface area contributed by atoms with E-state index in [9.17, 15) is 0 Å². The molecule has 71 heavy (non-hydrogen) atoms. The lowest BCUT2D eigenvalue weighted by Crippen LogP contribution is -2.03. The summed E-state index contributed by atoms with van der Waals surface area (Å²) in [4.78, 5) is 6.00. The molecule has 11 aromatic carbocycles. The van der Waals surface area contributed by atoms with E-state index in [-0.39, 0.29) is 0 Å². The minimum atomic E-state index is -1.54. The molecule has 15 aromatic rings. The van der Waals surface area contributed by atoms with E-state index in [4.69, 9.17) is 17.7 Å². The third-order valence-electron chi connectivity index (χ3n) is 16.6. The largest absolute Gasteiger partial charge is 0.456 e. The first-order chi connectivity index (χ1) is 34.9. The van der Waals surface area contributed by atoms with E-state index in [2.05, 4.69) is 195 Å². The minimum absolute atomic E-state index is 0.886. The SMILES string of the molecule is CS12CS3(C)c4cc(-c5ccc6c(c5)oc5ccc7ccccc7c56)c5oc6ccccc6c5c4-c4ccc(c1c43)-c1c2cc(-c2ccc3c(c2)oc2ccc4ccccc4c23)c2c1oc1ccccc12. The molecular weight excluding hydrogens is 909 g/mol. The summed E-state index contributed by atoms with van der Waals surface area (Å²) in [5.41, 5.74) is 17.2. The molecule has 0 fully saturated rings. The molecule has 0 bridgehead atoms. The van der Waals surface area contributed by atoms with Gasteiger partial charge in [0.15, 0.2) is 0 Å². The first-order valence-corrected chi connectivity index (χ1v) is 28.7. The summed E-state index contributed by atoms with van der Waals surface area (Å²) >= 11 is 0. The van der Waals surface area contributed by atoms with Gasteiger partial charge < -0.3 is 17.7 Å². The standard InChI is InChI=1S/C65H38O4S2/c1-70-33-71(2)55-31-46(36-19-23-42-52(29-36)66-50-27-21-34-11-3-5-13-38(34)56(42)50)58-40-15-7-9-17-48(40)69-63(58)60(55)45-26-25-44(64(70)65(45)71)59-54(70)32-47(62-61(59)41-16-8-10-18-49(41)68-62)37-20-24-43-53(30-37)67-51-28-22-35-12-4-6-14-39(35)57(43)51/h3-32H,33H2,1-2H3. The Balaban J connectivity index is 0.873. The zero-order valence-corrected chi connectivity index (χ0v) is 40.1. The number of fused-ring (bicyclic) bond motifs is 24. The Labute approximate surface area is 408 Å². The number of hydrogen-bond donors (Lipinski definition) is 0. The topological polar surface area (TPSA) is 52.6 Å². The first-order valence-electron chi connectivity index (χ1n) is 24.3. The molecule has 334 valence electrons. The van der Waals surface area contributed by atoms with Crippen LogP contribution in [0.2, 0.25) is 0 Å².